The maximum absolute atomic E-state index is 12.6. The molecule has 0 saturated carbocycles. The number of rotatable bonds is 18. The summed E-state index contributed by atoms with van der Waals surface area (Å²) in [6.45, 7) is 10.4. The quantitative estimate of drug-likeness (QED) is 0.180. The Morgan fingerprint density at radius 2 is 1.62 bits per heavy atom. The standard InChI is InChI=1S/C27H49N3O4/c1-6-7-16-22(2)17-14-12-10-8-9-11-13-15-18-33-25(31)24(19-23-20-28-21-29-23)30-26(32)34-27(3,4)5/h20-22,24H,6-19H2,1-5H3,(H,28,29)(H,30,32)/t22?,24-/m0/s1. The molecule has 0 aliphatic rings. The van der Waals surface area contributed by atoms with E-state index in [0.29, 0.717) is 6.61 Å². The zero-order valence-corrected chi connectivity index (χ0v) is 22.3. The molecule has 196 valence electrons. The van der Waals surface area contributed by atoms with Crippen molar-refractivity contribution in [2.24, 2.45) is 5.92 Å². The van der Waals surface area contributed by atoms with E-state index in [-0.39, 0.29) is 6.42 Å². The Morgan fingerprint density at radius 3 is 2.21 bits per heavy atom. The van der Waals surface area contributed by atoms with Gasteiger partial charge in [-0.1, -0.05) is 84.5 Å². The van der Waals surface area contributed by atoms with Gasteiger partial charge in [0.05, 0.1) is 12.9 Å². The molecule has 1 unspecified atom stereocenters. The number of imidazole rings is 1. The van der Waals surface area contributed by atoms with Crippen molar-refractivity contribution in [2.45, 2.75) is 130 Å². The van der Waals surface area contributed by atoms with Crippen LogP contribution in [0, 0.1) is 5.92 Å². The van der Waals surface area contributed by atoms with Crippen molar-refractivity contribution in [1.29, 1.82) is 0 Å². The Bertz CT molecular complexity index is 655. The van der Waals surface area contributed by atoms with E-state index in [0.717, 1.165) is 30.9 Å². The van der Waals surface area contributed by atoms with Crippen LogP contribution in [0.25, 0.3) is 0 Å². The molecule has 0 fully saturated rings. The molecule has 2 N–H and O–H groups in total. The van der Waals surface area contributed by atoms with Crippen molar-refractivity contribution < 1.29 is 19.1 Å². The average molecular weight is 480 g/mol. The second-order valence-corrected chi connectivity index (χ2v) is 10.5. The van der Waals surface area contributed by atoms with Gasteiger partial charge >= 0.3 is 12.1 Å². The topological polar surface area (TPSA) is 93.3 Å². The molecule has 0 aromatic carbocycles. The number of nitrogens with zero attached hydrogens (tertiary/aromatic N) is 1. The molecule has 0 radical (unpaired) electrons. The Balaban J connectivity index is 2.17. The van der Waals surface area contributed by atoms with Gasteiger partial charge < -0.3 is 19.8 Å². The second-order valence-electron chi connectivity index (χ2n) is 10.5. The summed E-state index contributed by atoms with van der Waals surface area (Å²) in [5.41, 5.74) is 0.105. The highest BCUT2D eigenvalue weighted by molar-refractivity contribution is 5.81. The molecule has 1 rings (SSSR count). The minimum Gasteiger partial charge on any atom is -0.464 e. The molecule has 0 bridgehead atoms. The fraction of sp³-hybridized carbons (Fsp3) is 0.815. The lowest BCUT2D eigenvalue weighted by Gasteiger charge is -2.22. The molecule has 0 aliphatic heterocycles. The minimum absolute atomic E-state index is 0.273. The Kier molecular flexibility index (Phi) is 15.3. The smallest absolute Gasteiger partial charge is 0.408 e. The first-order chi connectivity index (χ1) is 16.2. The van der Waals surface area contributed by atoms with Gasteiger partial charge in [0.25, 0.3) is 0 Å². The minimum atomic E-state index is -0.819. The van der Waals surface area contributed by atoms with Crippen LogP contribution in [0.3, 0.4) is 0 Å². The summed E-state index contributed by atoms with van der Waals surface area (Å²) in [6, 6.07) is -0.819. The maximum Gasteiger partial charge on any atom is 0.408 e. The highest BCUT2D eigenvalue weighted by Crippen LogP contribution is 2.17. The van der Waals surface area contributed by atoms with Crippen molar-refractivity contribution in [3.63, 3.8) is 0 Å². The van der Waals surface area contributed by atoms with E-state index in [1.54, 1.807) is 33.3 Å². The summed E-state index contributed by atoms with van der Waals surface area (Å²) in [6.07, 6.45) is 17.8. The summed E-state index contributed by atoms with van der Waals surface area (Å²) in [7, 11) is 0. The molecule has 1 aromatic rings. The second kappa shape index (κ2) is 17.4. The van der Waals surface area contributed by atoms with Gasteiger partial charge in [0.1, 0.15) is 11.6 Å². The number of nitrogens with one attached hydrogen (secondary N) is 2. The Labute approximate surface area is 207 Å². The van der Waals surface area contributed by atoms with Crippen LogP contribution in [-0.2, 0) is 20.7 Å². The molecule has 0 spiro atoms. The molecule has 1 amide bonds. The summed E-state index contributed by atoms with van der Waals surface area (Å²) in [4.78, 5) is 31.7. The molecular formula is C27H49N3O4. The molecular weight excluding hydrogens is 430 g/mol. The number of aromatic nitrogens is 2. The third-order valence-corrected chi connectivity index (χ3v) is 5.84. The lowest BCUT2D eigenvalue weighted by molar-refractivity contribution is -0.146. The van der Waals surface area contributed by atoms with Gasteiger partial charge in [0.2, 0.25) is 0 Å². The number of hydrogen-bond donors (Lipinski definition) is 2. The molecule has 0 saturated heterocycles. The Morgan fingerprint density at radius 1 is 1.00 bits per heavy atom. The van der Waals surface area contributed by atoms with Crippen LogP contribution in [0.4, 0.5) is 4.79 Å². The van der Waals surface area contributed by atoms with E-state index in [1.807, 2.05) is 0 Å². The molecule has 7 heteroatoms. The number of ether oxygens (including phenoxy) is 2. The van der Waals surface area contributed by atoms with E-state index in [1.165, 1.54) is 57.8 Å². The summed E-state index contributed by atoms with van der Waals surface area (Å²) >= 11 is 0. The van der Waals surface area contributed by atoms with E-state index >= 15 is 0 Å². The van der Waals surface area contributed by atoms with Crippen molar-refractivity contribution in [1.82, 2.24) is 15.3 Å². The first kappa shape index (κ1) is 30.0. The molecule has 7 nitrogen and oxygen atoms in total. The number of carbonyl (C=O) groups excluding carboxylic acids is 2. The summed E-state index contributed by atoms with van der Waals surface area (Å²) in [5.74, 6) is 0.426. The number of H-pyrrole nitrogens is 1. The van der Waals surface area contributed by atoms with Crippen LogP contribution >= 0.6 is 0 Å². The normalized spacial score (nSPS) is 13.3. The van der Waals surface area contributed by atoms with Crippen molar-refractivity contribution in [3.8, 4) is 0 Å². The molecule has 0 aliphatic carbocycles. The highest BCUT2D eigenvalue weighted by atomic mass is 16.6. The van der Waals surface area contributed by atoms with E-state index in [2.05, 4.69) is 29.1 Å². The maximum atomic E-state index is 12.6. The van der Waals surface area contributed by atoms with Gasteiger partial charge in [-0.3, -0.25) is 0 Å². The summed E-state index contributed by atoms with van der Waals surface area (Å²) in [5, 5.41) is 2.63. The van der Waals surface area contributed by atoms with Gasteiger partial charge in [-0.15, -0.1) is 0 Å². The van der Waals surface area contributed by atoms with Gasteiger partial charge in [-0.2, -0.15) is 0 Å². The van der Waals surface area contributed by atoms with Crippen LogP contribution in [0.2, 0.25) is 0 Å². The molecule has 1 aromatic heterocycles. The average Bonchev–Trinajstić information content (AvgIpc) is 3.27. The van der Waals surface area contributed by atoms with E-state index < -0.39 is 23.7 Å². The first-order valence-corrected chi connectivity index (χ1v) is 13.3. The molecule has 34 heavy (non-hydrogen) atoms. The van der Waals surface area contributed by atoms with Gasteiger partial charge in [-0.05, 0) is 33.1 Å². The monoisotopic (exact) mass is 479 g/mol. The number of alkyl carbamates (subject to hydrolysis) is 1. The third kappa shape index (κ3) is 15.7. The van der Waals surface area contributed by atoms with Crippen molar-refractivity contribution in [2.75, 3.05) is 6.61 Å². The largest absolute Gasteiger partial charge is 0.464 e. The van der Waals surface area contributed by atoms with E-state index in [4.69, 9.17) is 9.47 Å². The van der Waals surface area contributed by atoms with Gasteiger partial charge in [0, 0.05) is 18.3 Å². The van der Waals surface area contributed by atoms with Crippen molar-refractivity contribution in [3.05, 3.63) is 18.2 Å². The number of unbranched alkanes of at least 4 members (excludes halogenated alkanes) is 8. The lowest BCUT2D eigenvalue weighted by atomic mass is 9.97. The fourth-order valence-electron chi connectivity index (χ4n) is 3.89. The highest BCUT2D eigenvalue weighted by Gasteiger charge is 2.26. The van der Waals surface area contributed by atoms with E-state index in [9.17, 15) is 9.59 Å². The number of amides is 1. The lowest BCUT2D eigenvalue weighted by Crippen LogP contribution is -2.45. The zero-order valence-electron chi connectivity index (χ0n) is 22.3. The third-order valence-electron chi connectivity index (χ3n) is 5.84. The number of hydrogen-bond acceptors (Lipinski definition) is 5. The zero-order chi connectivity index (χ0) is 25.2. The van der Waals surface area contributed by atoms with Crippen LogP contribution in [0.1, 0.15) is 117 Å². The predicted octanol–water partition coefficient (Wildman–Crippen LogP) is 6.73. The Hall–Kier alpha value is -2.05. The predicted molar refractivity (Wildman–Crippen MR) is 137 cm³/mol. The summed E-state index contributed by atoms with van der Waals surface area (Å²) < 4.78 is 10.7. The first-order valence-electron chi connectivity index (χ1n) is 13.3. The number of esters is 1. The van der Waals surface area contributed by atoms with Crippen molar-refractivity contribution >= 4 is 12.1 Å². The molecule has 1 heterocycles. The molecule has 2 atom stereocenters. The van der Waals surface area contributed by atoms with Gasteiger partial charge in [-0.25, -0.2) is 14.6 Å². The van der Waals surface area contributed by atoms with Crippen LogP contribution in [0.5, 0.6) is 0 Å². The SMILES string of the molecule is CCCCC(C)CCCCCCCCCCOC(=O)[C@H](Cc1cnc[nH]1)NC(=O)OC(C)(C)C. The number of carbonyl (C=O) groups is 2. The van der Waals surface area contributed by atoms with Gasteiger partial charge in [0.15, 0.2) is 0 Å². The fourth-order valence-corrected chi connectivity index (χ4v) is 3.89. The van der Waals surface area contributed by atoms with Crippen LogP contribution in [0.15, 0.2) is 12.5 Å². The number of aromatic amines is 1. The van der Waals surface area contributed by atoms with Crippen LogP contribution in [-0.4, -0.2) is 40.3 Å². The van der Waals surface area contributed by atoms with Crippen LogP contribution < -0.4 is 5.32 Å².